The maximum absolute atomic E-state index is 12.5. The first-order valence-electron chi connectivity index (χ1n) is 6.89. The van der Waals surface area contributed by atoms with Gasteiger partial charge in [0.1, 0.15) is 0 Å². The lowest BCUT2D eigenvalue weighted by atomic mass is 10.0. The van der Waals surface area contributed by atoms with E-state index in [2.05, 4.69) is 10.0 Å². The number of hydrogen-bond acceptors (Lipinski definition) is 3. The first-order chi connectivity index (χ1) is 8.99. The zero-order chi connectivity index (χ0) is 13.5. The zero-order valence-corrected chi connectivity index (χ0v) is 12.0. The Kier molecular flexibility index (Phi) is 3.06. The van der Waals surface area contributed by atoms with Crippen LogP contribution in [0.15, 0.2) is 23.1 Å². The fourth-order valence-corrected chi connectivity index (χ4v) is 4.60. The van der Waals surface area contributed by atoms with Gasteiger partial charge in [-0.2, -0.15) is 0 Å². The van der Waals surface area contributed by atoms with Crippen LogP contribution in [-0.4, -0.2) is 20.5 Å². The van der Waals surface area contributed by atoms with Crippen LogP contribution in [0.5, 0.6) is 0 Å². The van der Waals surface area contributed by atoms with E-state index >= 15 is 0 Å². The lowest BCUT2D eigenvalue weighted by Crippen LogP contribution is -2.43. The molecule has 0 radical (unpaired) electrons. The van der Waals surface area contributed by atoms with E-state index in [1.165, 1.54) is 0 Å². The second-order valence-corrected chi connectivity index (χ2v) is 7.55. The third-order valence-electron chi connectivity index (χ3n) is 4.18. The Bertz CT molecular complexity index is 589. The van der Waals surface area contributed by atoms with Gasteiger partial charge in [0.2, 0.25) is 10.0 Å². The van der Waals surface area contributed by atoms with Gasteiger partial charge in [-0.1, -0.05) is 12.8 Å². The summed E-state index contributed by atoms with van der Waals surface area (Å²) in [4.78, 5) is 0.392. The molecule has 1 aromatic rings. The van der Waals surface area contributed by atoms with Crippen molar-refractivity contribution in [2.24, 2.45) is 0 Å². The summed E-state index contributed by atoms with van der Waals surface area (Å²) in [7, 11) is -3.40. The molecule has 1 aliphatic carbocycles. The average molecular weight is 280 g/mol. The zero-order valence-electron chi connectivity index (χ0n) is 11.2. The predicted molar refractivity (Wildman–Crippen MR) is 75.8 cm³/mol. The summed E-state index contributed by atoms with van der Waals surface area (Å²) in [5, 5.41) is 3.24. The highest BCUT2D eigenvalue weighted by atomic mass is 32.2. The lowest BCUT2D eigenvalue weighted by Gasteiger charge is -2.25. The van der Waals surface area contributed by atoms with Crippen molar-refractivity contribution in [3.8, 4) is 0 Å². The maximum Gasteiger partial charge on any atom is 0.241 e. The molecule has 0 spiro atoms. The Morgan fingerprint density at radius 2 is 2.00 bits per heavy atom. The first kappa shape index (κ1) is 12.9. The van der Waals surface area contributed by atoms with E-state index in [4.69, 9.17) is 0 Å². The molecule has 104 valence electrons. The summed E-state index contributed by atoms with van der Waals surface area (Å²) in [6.45, 7) is 2.90. The Hall–Kier alpha value is -1.07. The van der Waals surface area contributed by atoms with Crippen LogP contribution in [0.1, 0.15) is 38.2 Å². The molecular weight excluding hydrogens is 260 g/mol. The highest BCUT2D eigenvalue weighted by molar-refractivity contribution is 7.89. The molecule has 0 unspecified atom stereocenters. The van der Waals surface area contributed by atoms with Crippen molar-refractivity contribution in [2.75, 3.05) is 11.9 Å². The van der Waals surface area contributed by atoms with E-state index in [-0.39, 0.29) is 5.54 Å². The van der Waals surface area contributed by atoms with E-state index in [0.29, 0.717) is 4.90 Å². The van der Waals surface area contributed by atoms with Crippen LogP contribution in [0.2, 0.25) is 0 Å². The molecule has 19 heavy (non-hydrogen) atoms. The summed E-state index contributed by atoms with van der Waals surface area (Å²) in [6, 6.07) is 5.36. The molecule has 0 atom stereocenters. The molecule has 3 rings (SSSR count). The fourth-order valence-electron chi connectivity index (χ4n) is 3.09. The van der Waals surface area contributed by atoms with Crippen molar-refractivity contribution >= 4 is 15.7 Å². The minimum atomic E-state index is -3.40. The van der Waals surface area contributed by atoms with Gasteiger partial charge in [-0.05, 0) is 49.9 Å². The van der Waals surface area contributed by atoms with Crippen molar-refractivity contribution in [1.82, 2.24) is 4.72 Å². The highest BCUT2D eigenvalue weighted by Crippen LogP contribution is 2.31. The van der Waals surface area contributed by atoms with E-state index < -0.39 is 10.0 Å². The number of benzene rings is 1. The van der Waals surface area contributed by atoms with Gasteiger partial charge in [0.15, 0.2) is 0 Å². The van der Waals surface area contributed by atoms with Gasteiger partial charge in [-0.3, -0.25) is 0 Å². The largest absolute Gasteiger partial charge is 0.384 e. The standard InChI is InChI=1S/C14H20N2O2S/c1-14(7-2-3-8-14)16-19(17,18)12-4-5-13-11(10-12)6-9-15-13/h4-5,10,15-16H,2-3,6-9H2,1H3. The molecule has 4 nitrogen and oxygen atoms in total. The van der Waals surface area contributed by atoms with Gasteiger partial charge < -0.3 is 5.32 Å². The van der Waals surface area contributed by atoms with Gasteiger partial charge >= 0.3 is 0 Å². The molecule has 1 heterocycles. The summed E-state index contributed by atoms with van der Waals surface area (Å²) < 4.78 is 27.8. The van der Waals surface area contributed by atoms with Crippen LogP contribution in [0, 0.1) is 0 Å². The molecule has 2 aliphatic rings. The molecule has 0 amide bonds. The quantitative estimate of drug-likeness (QED) is 0.893. The highest BCUT2D eigenvalue weighted by Gasteiger charge is 2.33. The van der Waals surface area contributed by atoms with Crippen LogP contribution in [0.25, 0.3) is 0 Å². The topological polar surface area (TPSA) is 58.2 Å². The molecule has 5 heteroatoms. The number of nitrogens with one attached hydrogen (secondary N) is 2. The third-order valence-corrected chi connectivity index (χ3v) is 5.82. The number of sulfonamides is 1. The van der Waals surface area contributed by atoms with Crippen LogP contribution >= 0.6 is 0 Å². The Labute approximate surface area is 114 Å². The predicted octanol–water partition coefficient (Wildman–Crippen LogP) is 2.27. The van der Waals surface area contributed by atoms with Crippen molar-refractivity contribution in [3.05, 3.63) is 23.8 Å². The van der Waals surface area contributed by atoms with Gasteiger partial charge in [-0.25, -0.2) is 13.1 Å². The minimum Gasteiger partial charge on any atom is -0.384 e. The third kappa shape index (κ3) is 2.49. The van der Waals surface area contributed by atoms with Gasteiger partial charge in [0.05, 0.1) is 4.90 Å². The average Bonchev–Trinajstić information content (AvgIpc) is 2.96. The molecule has 1 fully saturated rings. The van der Waals surface area contributed by atoms with E-state index in [1.54, 1.807) is 12.1 Å². The molecule has 0 saturated heterocycles. The van der Waals surface area contributed by atoms with Crippen molar-refractivity contribution < 1.29 is 8.42 Å². The van der Waals surface area contributed by atoms with Gasteiger partial charge in [0, 0.05) is 17.8 Å². The van der Waals surface area contributed by atoms with Crippen molar-refractivity contribution in [2.45, 2.75) is 49.5 Å². The number of fused-ring (bicyclic) bond motifs is 1. The molecular formula is C14H20N2O2S. The maximum atomic E-state index is 12.5. The van der Waals surface area contributed by atoms with Crippen LogP contribution in [0.3, 0.4) is 0 Å². The normalized spacial score (nSPS) is 21.1. The Morgan fingerprint density at radius 3 is 2.74 bits per heavy atom. The molecule has 1 aromatic carbocycles. The monoisotopic (exact) mass is 280 g/mol. The summed E-state index contributed by atoms with van der Waals surface area (Å²) in [5.74, 6) is 0. The molecule has 0 aromatic heterocycles. The molecule has 1 aliphatic heterocycles. The van der Waals surface area contributed by atoms with Gasteiger partial charge in [0.25, 0.3) is 0 Å². The van der Waals surface area contributed by atoms with Crippen LogP contribution < -0.4 is 10.0 Å². The summed E-state index contributed by atoms with van der Waals surface area (Å²) in [5.41, 5.74) is 1.89. The number of rotatable bonds is 3. The number of hydrogen-bond donors (Lipinski definition) is 2. The summed E-state index contributed by atoms with van der Waals surface area (Å²) in [6.07, 6.45) is 4.97. The van der Waals surface area contributed by atoms with Crippen molar-refractivity contribution in [3.63, 3.8) is 0 Å². The van der Waals surface area contributed by atoms with Crippen LogP contribution in [-0.2, 0) is 16.4 Å². The Morgan fingerprint density at radius 1 is 1.26 bits per heavy atom. The second-order valence-electron chi connectivity index (χ2n) is 5.87. The molecule has 1 saturated carbocycles. The molecule has 0 bridgehead atoms. The first-order valence-corrected chi connectivity index (χ1v) is 8.38. The smallest absolute Gasteiger partial charge is 0.241 e. The SMILES string of the molecule is CC1(NS(=O)(=O)c2ccc3c(c2)CCN3)CCCC1. The van der Waals surface area contributed by atoms with Gasteiger partial charge in [-0.15, -0.1) is 0 Å². The van der Waals surface area contributed by atoms with Crippen molar-refractivity contribution in [1.29, 1.82) is 0 Å². The lowest BCUT2D eigenvalue weighted by molar-refractivity contribution is 0.427. The molecule has 2 N–H and O–H groups in total. The summed E-state index contributed by atoms with van der Waals surface area (Å²) >= 11 is 0. The fraction of sp³-hybridized carbons (Fsp3) is 0.571. The van der Waals surface area contributed by atoms with E-state index in [0.717, 1.165) is 49.9 Å². The Balaban J connectivity index is 1.88. The number of anilines is 1. The van der Waals surface area contributed by atoms with E-state index in [9.17, 15) is 8.42 Å². The van der Waals surface area contributed by atoms with E-state index in [1.807, 2.05) is 13.0 Å². The van der Waals surface area contributed by atoms with Crippen LogP contribution in [0.4, 0.5) is 5.69 Å². The minimum absolute atomic E-state index is 0.268. The second kappa shape index (κ2) is 4.49.